The number of nitrogens with one attached hydrogen (secondary N) is 1. The molecule has 16 heavy (non-hydrogen) atoms. The van der Waals surface area contributed by atoms with Gasteiger partial charge in [0, 0.05) is 12.6 Å². The van der Waals surface area contributed by atoms with Crippen LogP contribution in [0.4, 0.5) is 10.1 Å². The van der Waals surface area contributed by atoms with Crippen LogP contribution in [0.3, 0.4) is 0 Å². The van der Waals surface area contributed by atoms with Crippen LogP contribution in [-0.2, 0) is 0 Å². The van der Waals surface area contributed by atoms with E-state index < -0.39 is 4.92 Å². The van der Waals surface area contributed by atoms with Crippen molar-refractivity contribution in [2.24, 2.45) is 0 Å². The summed E-state index contributed by atoms with van der Waals surface area (Å²) < 4.78 is 0. The highest BCUT2D eigenvalue weighted by Gasteiger charge is 2.21. The van der Waals surface area contributed by atoms with Crippen molar-refractivity contribution in [2.75, 3.05) is 25.5 Å². The van der Waals surface area contributed by atoms with Gasteiger partial charge >= 0.3 is 5.00 Å². The molecule has 1 aliphatic heterocycles. The van der Waals surface area contributed by atoms with E-state index in [0.717, 1.165) is 24.4 Å². The Morgan fingerprint density at radius 1 is 1.81 bits per heavy atom. The molecule has 0 saturated carbocycles. The number of rotatable bonds is 4. The van der Waals surface area contributed by atoms with Gasteiger partial charge in [-0.05, 0) is 37.8 Å². The molecule has 0 bridgehead atoms. The monoisotopic (exact) mass is 242 g/mol. The fraction of sp³-hybridized carbons (Fsp3) is 0.667. The largest absolute Gasteiger partial charge is 0.360 e. The minimum atomic E-state index is -0.412. The van der Waals surface area contributed by atoms with Gasteiger partial charge in [-0.25, -0.2) is 4.98 Å². The molecule has 2 heterocycles. The van der Waals surface area contributed by atoms with E-state index in [1.165, 1.54) is 19.0 Å². The molecular weight excluding hydrogens is 228 g/mol. The van der Waals surface area contributed by atoms with Crippen molar-refractivity contribution >= 4 is 21.5 Å². The molecule has 0 aromatic carbocycles. The highest BCUT2D eigenvalue weighted by atomic mass is 32.1. The van der Waals surface area contributed by atoms with Crippen LogP contribution < -0.4 is 5.32 Å². The highest BCUT2D eigenvalue weighted by molar-refractivity contribution is 7.18. The van der Waals surface area contributed by atoms with Crippen LogP contribution in [0.25, 0.3) is 0 Å². The first-order valence-corrected chi connectivity index (χ1v) is 6.03. The van der Waals surface area contributed by atoms with Crippen molar-refractivity contribution in [3.63, 3.8) is 0 Å². The molecule has 1 N–H and O–H groups in total. The maximum Gasteiger partial charge on any atom is 0.345 e. The molecule has 0 amide bonds. The molecule has 1 aromatic heterocycles. The van der Waals surface area contributed by atoms with E-state index >= 15 is 0 Å². The molecule has 1 fully saturated rings. The van der Waals surface area contributed by atoms with Gasteiger partial charge in [-0.1, -0.05) is 0 Å². The maximum atomic E-state index is 10.5. The summed E-state index contributed by atoms with van der Waals surface area (Å²) in [6, 6.07) is 0.517. The lowest BCUT2D eigenvalue weighted by molar-refractivity contribution is -0.380. The Hall–Kier alpha value is -1.21. The zero-order chi connectivity index (χ0) is 11.5. The van der Waals surface area contributed by atoms with E-state index in [4.69, 9.17) is 0 Å². The summed E-state index contributed by atoms with van der Waals surface area (Å²) in [5.41, 5.74) is 0. The van der Waals surface area contributed by atoms with Gasteiger partial charge in [-0.15, -0.1) is 0 Å². The first-order valence-electron chi connectivity index (χ1n) is 5.21. The molecule has 1 aromatic rings. The smallest absolute Gasteiger partial charge is 0.345 e. The zero-order valence-corrected chi connectivity index (χ0v) is 9.87. The molecule has 7 heteroatoms. The molecule has 2 rings (SSSR count). The molecule has 1 atom stereocenters. The van der Waals surface area contributed by atoms with Gasteiger partial charge in [0.05, 0.1) is 4.92 Å². The van der Waals surface area contributed by atoms with Crippen LogP contribution in [-0.4, -0.2) is 41.0 Å². The summed E-state index contributed by atoms with van der Waals surface area (Å²) >= 11 is 1.09. The number of likely N-dealkylation sites (tertiary alicyclic amines) is 1. The molecule has 1 saturated heterocycles. The Morgan fingerprint density at radius 2 is 2.62 bits per heavy atom. The lowest BCUT2D eigenvalue weighted by Crippen LogP contribution is -2.31. The van der Waals surface area contributed by atoms with Crippen molar-refractivity contribution in [1.82, 2.24) is 9.88 Å². The van der Waals surface area contributed by atoms with Gasteiger partial charge in [0.2, 0.25) is 0 Å². The Morgan fingerprint density at radius 3 is 3.19 bits per heavy atom. The van der Waals surface area contributed by atoms with Crippen molar-refractivity contribution in [3.8, 4) is 0 Å². The topological polar surface area (TPSA) is 71.3 Å². The molecule has 0 spiro atoms. The van der Waals surface area contributed by atoms with Gasteiger partial charge < -0.3 is 10.2 Å². The summed E-state index contributed by atoms with van der Waals surface area (Å²) in [5.74, 6) is 0. The molecule has 88 valence electrons. The number of aromatic nitrogens is 1. The fourth-order valence-electron chi connectivity index (χ4n) is 1.87. The minimum Gasteiger partial charge on any atom is -0.360 e. The lowest BCUT2D eigenvalue weighted by Gasteiger charge is -2.19. The van der Waals surface area contributed by atoms with Crippen molar-refractivity contribution in [2.45, 2.75) is 18.9 Å². The summed E-state index contributed by atoms with van der Waals surface area (Å²) in [4.78, 5) is 16.3. The molecular formula is C9H14N4O2S. The van der Waals surface area contributed by atoms with Crippen molar-refractivity contribution in [3.05, 3.63) is 16.3 Å². The van der Waals surface area contributed by atoms with Gasteiger partial charge in [0.15, 0.2) is 5.13 Å². The van der Waals surface area contributed by atoms with Gasteiger partial charge in [-0.3, -0.25) is 10.1 Å². The predicted molar refractivity (Wildman–Crippen MR) is 62.9 cm³/mol. The van der Waals surface area contributed by atoms with Crippen molar-refractivity contribution < 1.29 is 4.92 Å². The van der Waals surface area contributed by atoms with Gasteiger partial charge in [0.25, 0.3) is 0 Å². The lowest BCUT2D eigenvalue weighted by atomic mass is 10.2. The van der Waals surface area contributed by atoms with E-state index in [1.54, 1.807) is 0 Å². The third-order valence-electron chi connectivity index (χ3n) is 2.83. The fourth-order valence-corrected chi connectivity index (χ4v) is 2.51. The average Bonchev–Trinajstić information content (AvgIpc) is 2.83. The first-order chi connectivity index (χ1) is 7.66. The number of hydrogen-bond acceptors (Lipinski definition) is 6. The number of nitro groups is 1. The number of thiazole rings is 1. The third-order valence-corrected chi connectivity index (χ3v) is 3.74. The molecule has 6 nitrogen and oxygen atoms in total. The highest BCUT2D eigenvalue weighted by Crippen LogP contribution is 2.25. The van der Waals surface area contributed by atoms with E-state index in [2.05, 4.69) is 22.2 Å². The molecule has 0 aliphatic carbocycles. The second-order valence-electron chi connectivity index (χ2n) is 3.92. The van der Waals surface area contributed by atoms with Crippen LogP contribution in [0, 0.1) is 10.1 Å². The third kappa shape index (κ3) is 2.48. The van der Waals surface area contributed by atoms with Crippen molar-refractivity contribution in [1.29, 1.82) is 0 Å². The normalized spacial score (nSPS) is 21.2. The summed E-state index contributed by atoms with van der Waals surface area (Å²) in [6.45, 7) is 1.94. The Bertz CT molecular complexity index is 381. The number of hydrogen-bond donors (Lipinski definition) is 1. The Labute approximate surface area is 97.4 Å². The minimum absolute atomic E-state index is 0.0854. The number of anilines is 1. The molecule has 1 unspecified atom stereocenters. The summed E-state index contributed by atoms with van der Waals surface area (Å²) in [5, 5.41) is 14.3. The second-order valence-corrected chi connectivity index (χ2v) is 4.93. The number of likely N-dealkylation sites (N-methyl/N-ethyl adjacent to an activating group) is 1. The SMILES string of the molecule is CN1CCCC1CNc1ncc([N+](=O)[O-])s1. The Balaban J connectivity index is 1.87. The second kappa shape index (κ2) is 4.75. The van der Waals surface area contributed by atoms with Crippen LogP contribution in [0.1, 0.15) is 12.8 Å². The number of nitrogens with zero attached hydrogens (tertiary/aromatic N) is 3. The van der Waals surface area contributed by atoms with E-state index in [9.17, 15) is 10.1 Å². The predicted octanol–water partition coefficient (Wildman–Crippen LogP) is 1.56. The first kappa shape index (κ1) is 11.3. The maximum absolute atomic E-state index is 10.5. The van der Waals surface area contributed by atoms with E-state index in [1.807, 2.05) is 0 Å². The van der Waals surface area contributed by atoms with Crippen LogP contribution in [0.15, 0.2) is 6.20 Å². The Kier molecular flexibility index (Phi) is 3.35. The zero-order valence-electron chi connectivity index (χ0n) is 9.05. The van der Waals surface area contributed by atoms with Crippen LogP contribution in [0.5, 0.6) is 0 Å². The average molecular weight is 242 g/mol. The summed E-state index contributed by atoms with van der Waals surface area (Å²) in [6.07, 6.45) is 3.70. The van der Waals surface area contributed by atoms with E-state index in [-0.39, 0.29) is 5.00 Å². The summed E-state index contributed by atoms with van der Waals surface area (Å²) in [7, 11) is 2.10. The standard InChI is InChI=1S/C9H14N4O2S/c1-12-4-2-3-7(12)5-10-9-11-6-8(16-9)13(14)15/h6-7H,2-5H2,1H3,(H,10,11). The van der Waals surface area contributed by atoms with Crippen LogP contribution in [0.2, 0.25) is 0 Å². The quantitative estimate of drug-likeness (QED) is 0.640. The van der Waals surface area contributed by atoms with Gasteiger partial charge in [-0.2, -0.15) is 0 Å². The van der Waals surface area contributed by atoms with E-state index in [0.29, 0.717) is 11.2 Å². The molecule has 1 aliphatic rings. The molecule has 0 radical (unpaired) electrons. The van der Waals surface area contributed by atoms with Gasteiger partial charge in [0.1, 0.15) is 6.20 Å². The van der Waals surface area contributed by atoms with Crippen LogP contribution >= 0.6 is 11.3 Å².